The first-order chi connectivity index (χ1) is 13.5. The van der Waals surface area contributed by atoms with Gasteiger partial charge in [-0.2, -0.15) is 5.10 Å². The molecule has 0 unspecified atom stereocenters. The molecule has 6 nitrogen and oxygen atoms in total. The van der Waals surface area contributed by atoms with Gasteiger partial charge in [-0.25, -0.2) is 4.79 Å². The lowest BCUT2D eigenvalue weighted by Gasteiger charge is -2.23. The fourth-order valence-electron chi connectivity index (χ4n) is 3.55. The highest BCUT2D eigenvalue weighted by Crippen LogP contribution is 2.24. The summed E-state index contributed by atoms with van der Waals surface area (Å²) in [7, 11) is 0. The SMILES string of the molecule is CCN(C(=O)Cn1ncc2c(=O)oc3ccccc3c21)c1cc(C)ccc1C. The molecule has 142 valence electrons. The van der Waals surface area contributed by atoms with Crippen molar-refractivity contribution in [3.63, 3.8) is 0 Å². The standard InChI is InChI=1S/C22H21N3O3/c1-4-24(18-11-14(2)9-10-15(18)3)20(26)13-25-21-16-7-5-6-8-19(16)28-22(27)17(21)12-23-25/h5-12H,4,13H2,1-3H3. The van der Waals surface area contributed by atoms with Crippen molar-refractivity contribution >= 4 is 33.5 Å². The third-order valence-electron chi connectivity index (χ3n) is 4.96. The minimum Gasteiger partial charge on any atom is -0.422 e. The summed E-state index contributed by atoms with van der Waals surface area (Å²) in [5, 5.41) is 5.44. The molecule has 0 aliphatic carbocycles. The van der Waals surface area contributed by atoms with E-state index in [4.69, 9.17) is 4.42 Å². The van der Waals surface area contributed by atoms with E-state index in [1.165, 1.54) is 6.20 Å². The van der Waals surface area contributed by atoms with Gasteiger partial charge in [-0.1, -0.05) is 24.3 Å². The van der Waals surface area contributed by atoms with Crippen LogP contribution in [0.3, 0.4) is 0 Å². The lowest BCUT2D eigenvalue weighted by molar-refractivity contribution is -0.119. The molecular formula is C22H21N3O3. The van der Waals surface area contributed by atoms with E-state index in [0.29, 0.717) is 23.0 Å². The number of benzene rings is 2. The van der Waals surface area contributed by atoms with Gasteiger partial charge in [0.15, 0.2) is 0 Å². The van der Waals surface area contributed by atoms with E-state index in [1.807, 2.05) is 57.2 Å². The number of para-hydroxylation sites is 1. The first kappa shape index (κ1) is 18.0. The molecule has 0 radical (unpaired) electrons. The fraction of sp³-hybridized carbons (Fsp3) is 0.227. The highest BCUT2D eigenvalue weighted by molar-refractivity contribution is 6.03. The number of likely N-dealkylation sites (N-methyl/N-ethyl adjacent to an activating group) is 1. The minimum atomic E-state index is -0.450. The summed E-state index contributed by atoms with van der Waals surface area (Å²) in [6, 6.07) is 13.3. The molecule has 0 saturated heterocycles. The molecule has 0 spiro atoms. The molecule has 0 fully saturated rings. The van der Waals surface area contributed by atoms with Gasteiger partial charge in [0.25, 0.3) is 0 Å². The molecule has 0 bridgehead atoms. The van der Waals surface area contributed by atoms with Gasteiger partial charge in [0.05, 0.1) is 11.7 Å². The molecule has 2 aromatic carbocycles. The quantitative estimate of drug-likeness (QED) is 0.509. The van der Waals surface area contributed by atoms with Crippen molar-refractivity contribution in [3.05, 3.63) is 70.2 Å². The number of aromatic nitrogens is 2. The summed E-state index contributed by atoms with van der Waals surface area (Å²) >= 11 is 0. The second kappa shape index (κ2) is 6.96. The summed E-state index contributed by atoms with van der Waals surface area (Å²) in [5.74, 6) is -0.0847. The highest BCUT2D eigenvalue weighted by atomic mass is 16.4. The van der Waals surface area contributed by atoms with Crippen molar-refractivity contribution in [1.82, 2.24) is 9.78 Å². The Hall–Kier alpha value is -3.41. The minimum absolute atomic E-state index is 0.0399. The number of fused-ring (bicyclic) bond motifs is 3. The summed E-state index contributed by atoms with van der Waals surface area (Å²) in [5.41, 5.74) is 3.69. The van der Waals surface area contributed by atoms with Crippen LogP contribution in [0, 0.1) is 13.8 Å². The molecule has 0 saturated carbocycles. The fourth-order valence-corrected chi connectivity index (χ4v) is 3.55. The highest BCUT2D eigenvalue weighted by Gasteiger charge is 2.20. The number of hydrogen-bond acceptors (Lipinski definition) is 4. The molecule has 6 heteroatoms. The number of aryl methyl sites for hydroxylation is 2. The molecule has 2 aromatic heterocycles. The van der Waals surface area contributed by atoms with E-state index in [9.17, 15) is 9.59 Å². The molecular weight excluding hydrogens is 354 g/mol. The Balaban J connectivity index is 1.78. The molecule has 28 heavy (non-hydrogen) atoms. The number of carbonyl (C=O) groups is 1. The van der Waals surface area contributed by atoms with Crippen molar-refractivity contribution in [2.75, 3.05) is 11.4 Å². The van der Waals surface area contributed by atoms with E-state index in [-0.39, 0.29) is 12.5 Å². The van der Waals surface area contributed by atoms with Crippen LogP contribution in [0.2, 0.25) is 0 Å². The second-order valence-electron chi connectivity index (χ2n) is 6.88. The molecule has 4 aromatic rings. The normalized spacial score (nSPS) is 11.2. The average molecular weight is 375 g/mol. The van der Waals surface area contributed by atoms with Crippen LogP contribution >= 0.6 is 0 Å². The van der Waals surface area contributed by atoms with Crippen molar-refractivity contribution < 1.29 is 9.21 Å². The molecule has 0 aliphatic heterocycles. The Labute approximate surface area is 162 Å². The van der Waals surface area contributed by atoms with Crippen molar-refractivity contribution in [3.8, 4) is 0 Å². The number of hydrogen-bond donors (Lipinski definition) is 0. The number of nitrogens with zero attached hydrogens (tertiary/aromatic N) is 3. The maximum absolute atomic E-state index is 13.1. The van der Waals surface area contributed by atoms with Crippen LogP contribution in [0.1, 0.15) is 18.1 Å². The summed E-state index contributed by atoms with van der Waals surface area (Å²) in [6.45, 7) is 6.54. The van der Waals surface area contributed by atoms with E-state index in [0.717, 1.165) is 22.2 Å². The largest absolute Gasteiger partial charge is 0.422 e. The Morgan fingerprint density at radius 2 is 1.93 bits per heavy atom. The van der Waals surface area contributed by atoms with Crippen LogP contribution < -0.4 is 10.5 Å². The van der Waals surface area contributed by atoms with Crippen molar-refractivity contribution in [1.29, 1.82) is 0 Å². The topological polar surface area (TPSA) is 68.3 Å². The second-order valence-corrected chi connectivity index (χ2v) is 6.88. The van der Waals surface area contributed by atoms with Crippen LogP contribution in [0.15, 0.2) is 57.9 Å². The smallest absolute Gasteiger partial charge is 0.347 e. The third-order valence-corrected chi connectivity index (χ3v) is 4.96. The molecule has 4 rings (SSSR count). The predicted molar refractivity (Wildman–Crippen MR) is 110 cm³/mol. The van der Waals surface area contributed by atoms with Gasteiger partial charge in [0, 0.05) is 17.6 Å². The van der Waals surface area contributed by atoms with Gasteiger partial charge < -0.3 is 9.32 Å². The third kappa shape index (κ3) is 2.97. The first-order valence-corrected chi connectivity index (χ1v) is 9.24. The molecule has 0 aliphatic rings. The van der Waals surface area contributed by atoms with Gasteiger partial charge in [-0.15, -0.1) is 0 Å². The van der Waals surface area contributed by atoms with Gasteiger partial charge in [-0.3, -0.25) is 9.48 Å². The Morgan fingerprint density at radius 1 is 1.14 bits per heavy atom. The predicted octanol–water partition coefficient (Wildman–Crippen LogP) is 3.81. The van der Waals surface area contributed by atoms with Gasteiger partial charge >= 0.3 is 5.63 Å². The first-order valence-electron chi connectivity index (χ1n) is 9.24. The Bertz CT molecular complexity index is 1250. The number of anilines is 1. The molecule has 1 amide bonds. The maximum Gasteiger partial charge on any atom is 0.347 e. The Kier molecular flexibility index (Phi) is 4.47. The lowest BCUT2D eigenvalue weighted by atomic mass is 10.1. The van der Waals surface area contributed by atoms with Crippen LogP contribution in [-0.2, 0) is 11.3 Å². The number of rotatable bonds is 4. The number of amides is 1. The van der Waals surface area contributed by atoms with Crippen LogP contribution in [0.25, 0.3) is 21.9 Å². The number of carbonyl (C=O) groups excluding carboxylic acids is 1. The molecule has 0 N–H and O–H groups in total. The molecule has 2 heterocycles. The monoisotopic (exact) mass is 375 g/mol. The zero-order valence-corrected chi connectivity index (χ0v) is 16.1. The zero-order chi connectivity index (χ0) is 19.8. The van der Waals surface area contributed by atoms with Gasteiger partial charge in [-0.05, 0) is 50.1 Å². The van der Waals surface area contributed by atoms with Crippen molar-refractivity contribution in [2.24, 2.45) is 0 Å². The van der Waals surface area contributed by atoms with Crippen LogP contribution in [0.4, 0.5) is 5.69 Å². The summed E-state index contributed by atoms with van der Waals surface area (Å²) in [4.78, 5) is 27.2. The Morgan fingerprint density at radius 3 is 2.71 bits per heavy atom. The van der Waals surface area contributed by atoms with Crippen molar-refractivity contribution in [2.45, 2.75) is 27.3 Å². The average Bonchev–Trinajstić information content (AvgIpc) is 3.10. The maximum atomic E-state index is 13.1. The van der Waals surface area contributed by atoms with E-state index in [1.54, 1.807) is 15.6 Å². The summed E-state index contributed by atoms with van der Waals surface area (Å²) in [6.07, 6.45) is 1.47. The van der Waals surface area contributed by atoms with Crippen LogP contribution in [0.5, 0.6) is 0 Å². The lowest BCUT2D eigenvalue weighted by Crippen LogP contribution is -2.34. The van der Waals surface area contributed by atoms with Gasteiger partial charge in [0.2, 0.25) is 5.91 Å². The van der Waals surface area contributed by atoms with E-state index < -0.39 is 5.63 Å². The van der Waals surface area contributed by atoms with Gasteiger partial charge in [0.1, 0.15) is 17.5 Å². The molecule has 0 atom stereocenters. The van der Waals surface area contributed by atoms with E-state index in [2.05, 4.69) is 5.10 Å². The van der Waals surface area contributed by atoms with E-state index >= 15 is 0 Å². The summed E-state index contributed by atoms with van der Waals surface area (Å²) < 4.78 is 6.94. The zero-order valence-electron chi connectivity index (χ0n) is 16.1. The van der Waals surface area contributed by atoms with Crippen LogP contribution in [-0.4, -0.2) is 22.2 Å².